The number of hydrogen-bond donors (Lipinski definition) is 1. The van der Waals surface area contributed by atoms with Gasteiger partial charge in [0, 0.05) is 18.8 Å². The van der Waals surface area contributed by atoms with E-state index in [2.05, 4.69) is 24.8 Å². The first-order valence-corrected chi connectivity index (χ1v) is 10.5. The minimum Gasteiger partial charge on any atom is -0.375 e. The predicted molar refractivity (Wildman–Crippen MR) is 94.8 cm³/mol. The van der Waals surface area contributed by atoms with Gasteiger partial charge in [-0.15, -0.1) is 0 Å². The van der Waals surface area contributed by atoms with E-state index in [0.29, 0.717) is 0 Å². The van der Waals surface area contributed by atoms with Crippen molar-refractivity contribution in [3.63, 3.8) is 0 Å². The summed E-state index contributed by atoms with van der Waals surface area (Å²) < 4.78 is 57.5. The molecule has 0 saturated heterocycles. The smallest absolute Gasteiger partial charge is 0.375 e. The van der Waals surface area contributed by atoms with E-state index in [1.54, 1.807) is 5.70 Å². The van der Waals surface area contributed by atoms with Gasteiger partial charge in [-0.1, -0.05) is 64.9 Å². The van der Waals surface area contributed by atoms with E-state index in [0.717, 1.165) is 0 Å². The van der Waals surface area contributed by atoms with Crippen LogP contribution < -0.4 is 0 Å². The zero-order chi connectivity index (χ0) is 19.3. The molecule has 0 amide bonds. The van der Waals surface area contributed by atoms with Gasteiger partial charge >= 0.3 is 15.6 Å². The largest absolute Gasteiger partial charge is 0.522 e. The number of allylic oxidation sites excluding steroid dienone is 1. The Balaban J connectivity index is 0.000000609. The van der Waals surface area contributed by atoms with Crippen LogP contribution in [-0.2, 0) is 10.1 Å². The molecule has 0 aliphatic carbocycles. The van der Waals surface area contributed by atoms with Crippen LogP contribution in [0.4, 0.5) is 13.2 Å². The maximum absolute atomic E-state index is 10.7. The lowest BCUT2D eigenvalue weighted by Gasteiger charge is -2.21. The second-order valence-corrected chi connectivity index (χ2v) is 7.63. The molecule has 0 aromatic heterocycles. The quantitative estimate of drug-likeness (QED) is 0.305. The molecule has 0 aromatic rings. The van der Waals surface area contributed by atoms with Gasteiger partial charge in [0.05, 0.1) is 0 Å². The fourth-order valence-corrected chi connectivity index (χ4v) is 2.72. The Kier molecular flexibility index (Phi) is 12.2. The van der Waals surface area contributed by atoms with E-state index in [9.17, 15) is 13.2 Å². The van der Waals surface area contributed by atoms with E-state index >= 15 is 0 Å². The monoisotopic (exact) mass is 387 g/mol. The van der Waals surface area contributed by atoms with Crippen LogP contribution in [0.1, 0.15) is 78.1 Å². The van der Waals surface area contributed by atoms with Gasteiger partial charge in [0.25, 0.3) is 0 Å². The molecule has 4 nitrogen and oxygen atoms in total. The van der Waals surface area contributed by atoms with Crippen LogP contribution in [0.2, 0.25) is 0 Å². The van der Waals surface area contributed by atoms with Crippen molar-refractivity contribution in [2.24, 2.45) is 0 Å². The highest BCUT2D eigenvalue weighted by Crippen LogP contribution is 2.20. The molecule has 1 aliphatic heterocycles. The van der Waals surface area contributed by atoms with Crippen LogP contribution in [0.5, 0.6) is 0 Å². The zero-order valence-electron chi connectivity index (χ0n) is 15.3. The van der Waals surface area contributed by atoms with Crippen LogP contribution in [0, 0.1) is 0 Å². The van der Waals surface area contributed by atoms with Gasteiger partial charge in [-0.2, -0.15) is 21.6 Å². The van der Waals surface area contributed by atoms with Crippen molar-refractivity contribution in [1.29, 1.82) is 0 Å². The summed E-state index contributed by atoms with van der Waals surface area (Å²) in [4.78, 5) is 2.59. The highest BCUT2D eigenvalue weighted by atomic mass is 32.2. The summed E-state index contributed by atoms with van der Waals surface area (Å²) in [5.41, 5.74) is -3.94. The van der Waals surface area contributed by atoms with Crippen molar-refractivity contribution in [2.45, 2.75) is 83.6 Å². The van der Waals surface area contributed by atoms with Crippen molar-refractivity contribution in [2.75, 3.05) is 13.1 Å². The first-order chi connectivity index (χ1) is 11.6. The summed E-state index contributed by atoms with van der Waals surface area (Å²) in [6.45, 7) is 7.14. The van der Waals surface area contributed by atoms with E-state index in [4.69, 9.17) is 13.0 Å². The van der Waals surface area contributed by atoms with Crippen molar-refractivity contribution in [1.82, 2.24) is 4.90 Å². The first kappa shape index (κ1) is 24.2. The van der Waals surface area contributed by atoms with Gasteiger partial charge in [-0.05, 0) is 19.3 Å². The highest BCUT2D eigenvalue weighted by molar-refractivity contribution is 7.86. The maximum Gasteiger partial charge on any atom is 0.522 e. The number of hydrogen-bond acceptors (Lipinski definition) is 3. The Morgan fingerprint density at radius 1 is 1.04 bits per heavy atom. The average molecular weight is 388 g/mol. The molecule has 1 N–H and O–H groups in total. The molecular weight excluding hydrogens is 355 g/mol. The fourth-order valence-electron chi connectivity index (χ4n) is 2.72. The molecule has 0 unspecified atom stereocenters. The summed E-state index contributed by atoms with van der Waals surface area (Å²) in [7, 11) is -5.84. The second-order valence-electron chi connectivity index (χ2n) is 6.22. The van der Waals surface area contributed by atoms with Gasteiger partial charge in [-0.25, -0.2) is 0 Å². The predicted octanol–water partition coefficient (Wildman–Crippen LogP) is 5.52. The minimum absolute atomic E-state index is 1.22. The molecular formula is C17H32F3NO3S. The lowest BCUT2D eigenvalue weighted by molar-refractivity contribution is -0.0510. The molecule has 25 heavy (non-hydrogen) atoms. The van der Waals surface area contributed by atoms with Gasteiger partial charge in [0.2, 0.25) is 0 Å². The van der Waals surface area contributed by atoms with Crippen LogP contribution >= 0.6 is 0 Å². The number of unbranched alkanes of at least 4 members (excludes halogenated alkanes) is 7. The van der Waals surface area contributed by atoms with Crippen molar-refractivity contribution in [3.05, 3.63) is 11.8 Å². The highest BCUT2D eigenvalue weighted by Gasteiger charge is 2.44. The molecule has 0 saturated carbocycles. The molecule has 0 fully saturated rings. The third kappa shape index (κ3) is 11.5. The first-order valence-electron chi connectivity index (χ1n) is 9.11. The third-order valence-corrected chi connectivity index (χ3v) is 4.71. The van der Waals surface area contributed by atoms with Crippen LogP contribution in [-0.4, -0.2) is 36.5 Å². The minimum atomic E-state index is -5.84. The fraction of sp³-hybridized carbons (Fsp3) is 0.882. The molecule has 0 spiro atoms. The zero-order valence-corrected chi connectivity index (χ0v) is 16.1. The van der Waals surface area contributed by atoms with E-state index < -0.39 is 15.6 Å². The van der Waals surface area contributed by atoms with Gasteiger partial charge in [0.1, 0.15) is 0 Å². The molecule has 0 radical (unpaired) electrons. The summed E-state index contributed by atoms with van der Waals surface area (Å²) in [6, 6.07) is 0. The molecule has 150 valence electrons. The van der Waals surface area contributed by atoms with Crippen LogP contribution in [0.15, 0.2) is 11.8 Å². The Morgan fingerprint density at radius 3 is 1.96 bits per heavy atom. The SMILES string of the molecule is CCCCCCCCCCN1CCC=C1CC.O=S(=O)(O)C(F)(F)F. The van der Waals surface area contributed by atoms with Crippen molar-refractivity contribution in [3.8, 4) is 0 Å². The van der Waals surface area contributed by atoms with Gasteiger partial charge in [-0.3, -0.25) is 4.55 Å². The molecule has 0 bridgehead atoms. The van der Waals surface area contributed by atoms with Crippen molar-refractivity contribution < 1.29 is 26.1 Å². The standard InChI is InChI=1S/C16H31N.CHF3O3S/c1-3-5-6-7-8-9-10-11-14-17-15-12-13-16(17)4-2;2-1(3,4)8(5,6)7/h13H,3-12,14-15H2,1-2H3;(H,5,6,7). The Bertz CT molecular complexity index is 476. The van der Waals surface area contributed by atoms with Crippen LogP contribution in [0.3, 0.4) is 0 Å². The third-order valence-electron chi connectivity index (χ3n) is 4.12. The molecule has 8 heteroatoms. The number of alkyl halides is 3. The van der Waals surface area contributed by atoms with Crippen LogP contribution in [0.25, 0.3) is 0 Å². The lowest BCUT2D eigenvalue weighted by Crippen LogP contribution is -2.21. The van der Waals surface area contributed by atoms with Crippen molar-refractivity contribution >= 4 is 10.1 Å². The number of rotatable bonds is 10. The molecule has 1 rings (SSSR count). The maximum atomic E-state index is 10.7. The molecule has 1 heterocycles. The van der Waals surface area contributed by atoms with Gasteiger partial charge < -0.3 is 4.90 Å². The van der Waals surface area contributed by atoms with E-state index in [1.807, 2.05) is 0 Å². The normalized spacial score (nSPS) is 15.0. The lowest BCUT2D eigenvalue weighted by atomic mass is 10.1. The Labute approximate surface area is 150 Å². The Morgan fingerprint density at radius 2 is 1.52 bits per heavy atom. The second kappa shape index (κ2) is 12.6. The summed E-state index contributed by atoms with van der Waals surface area (Å²) in [5, 5.41) is 0. The summed E-state index contributed by atoms with van der Waals surface area (Å²) in [6.07, 6.45) is 16.3. The molecule has 0 atom stereocenters. The van der Waals surface area contributed by atoms with E-state index in [1.165, 1.54) is 77.3 Å². The summed E-state index contributed by atoms with van der Waals surface area (Å²) in [5.74, 6) is 0. The van der Waals surface area contributed by atoms with Gasteiger partial charge in [0.15, 0.2) is 0 Å². The topological polar surface area (TPSA) is 57.6 Å². The van der Waals surface area contributed by atoms with E-state index in [-0.39, 0.29) is 0 Å². The number of halogens is 3. The molecule has 1 aliphatic rings. The Hall–Kier alpha value is -0.760. The summed E-state index contributed by atoms with van der Waals surface area (Å²) >= 11 is 0. The number of nitrogens with zero attached hydrogens (tertiary/aromatic N) is 1. The molecule has 0 aromatic carbocycles. The average Bonchev–Trinajstić information content (AvgIpc) is 2.96.